The molecule has 8 nitrogen and oxygen atoms in total. The van der Waals surface area contributed by atoms with Gasteiger partial charge in [-0.1, -0.05) is 6.92 Å². The van der Waals surface area contributed by atoms with Crippen molar-refractivity contribution in [1.82, 2.24) is 20.2 Å². The summed E-state index contributed by atoms with van der Waals surface area (Å²) >= 11 is 0. The molecular formula is C13H19N5O3S. The van der Waals surface area contributed by atoms with Crippen LogP contribution in [0, 0.1) is 0 Å². The average Bonchev–Trinajstić information content (AvgIpc) is 2.92. The van der Waals surface area contributed by atoms with Crippen molar-refractivity contribution in [3.63, 3.8) is 0 Å². The van der Waals surface area contributed by atoms with Crippen molar-refractivity contribution in [3.8, 4) is 0 Å². The third-order valence-corrected chi connectivity index (χ3v) is 4.15. The predicted octanol–water partition coefficient (Wildman–Crippen LogP) is 0.785. The van der Waals surface area contributed by atoms with Gasteiger partial charge in [0.05, 0.1) is 17.0 Å². The molecule has 0 radical (unpaired) electrons. The standard InChI is InChI=1S/C13H19N5O3S/c1-2-5-14-13(19)15-7-9-22(20,21)17-11-4-8-18-12(10-11)3-6-16-18/h3-4,6,8,10,17H,2,5,7,9H2,1H3,(H2,14,15,19). The lowest BCUT2D eigenvalue weighted by molar-refractivity contribution is 0.241. The topological polar surface area (TPSA) is 105 Å². The van der Waals surface area contributed by atoms with E-state index in [-0.39, 0.29) is 18.3 Å². The number of nitrogens with one attached hydrogen (secondary N) is 3. The molecule has 0 aliphatic heterocycles. The van der Waals surface area contributed by atoms with Gasteiger partial charge >= 0.3 is 6.03 Å². The van der Waals surface area contributed by atoms with Gasteiger partial charge < -0.3 is 10.6 Å². The monoisotopic (exact) mass is 325 g/mol. The van der Waals surface area contributed by atoms with Crippen LogP contribution in [0.25, 0.3) is 5.52 Å². The molecule has 2 amide bonds. The van der Waals surface area contributed by atoms with Gasteiger partial charge in [0.1, 0.15) is 0 Å². The molecule has 0 fully saturated rings. The second kappa shape index (κ2) is 7.12. The van der Waals surface area contributed by atoms with Crippen molar-refractivity contribution < 1.29 is 13.2 Å². The van der Waals surface area contributed by atoms with Crippen LogP contribution in [0.4, 0.5) is 10.5 Å². The van der Waals surface area contributed by atoms with Gasteiger partial charge in [-0.25, -0.2) is 17.7 Å². The average molecular weight is 325 g/mol. The zero-order valence-corrected chi connectivity index (χ0v) is 13.1. The summed E-state index contributed by atoms with van der Waals surface area (Å²) in [5.74, 6) is -0.197. The number of anilines is 1. The first-order valence-electron chi connectivity index (χ1n) is 6.96. The second-order valence-electron chi connectivity index (χ2n) is 4.72. The van der Waals surface area contributed by atoms with E-state index in [1.54, 1.807) is 35.1 Å². The summed E-state index contributed by atoms with van der Waals surface area (Å²) < 4.78 is 28.0. The van der Waals surface area contributed by atoms with Crippen molar-refractivity contribution in [2.45, 2.75) is 13.3 Å². The summed E-state index contributed by atoms with van der Waals surface area (Å²) in [6, 6.07) is 4.72. The van der Waals surface area contributed by atoms with Crippen LogP contribution in [0.5, 0.6) is 0 Å². The zero-order valence-electron chi connectivity index (χ0n) is 12.2. The summed E-state index contributed by atoms with van der Waals surface area (Å²) in [4.78, 5) is 11.3. The molecular weight excluding hydrogens is 306 g/mol. The van der Waals surface area contributed by atoms with Crippen LogP contribution >= 0.6 is 0 Å². The molecule has 9 heteroatoms. The third kappa shape index (κ3) is 4.62. The van der Waals surface area contributed by atoms with E-state index in [2.05, 4.69) is 20.5 Å². The van der Waals surface area contributed by atoms with Crippen molar-refractivity contribution in [3.05, 3.63) is 30.6 Å². The maximum Gasteiger partial charge on any atom is 0.314 e. The number of sulfonamides is 1. The van der Waals surface area contributed by atoms with Gasteiger partial charge in [0.2, 0.25) is 10.0 Å². The third-order valence-electron chi connectivity index (χ3n) is 2.86. The summed E-state index contributed by atoms with van der Waals surface area (Å²) in [6.45, 7) is 2.54. The highest BCUT2D eigenvalue weighted by atomic mass is 32.2. The number of urea groups is 1. The molecule has 0 atom stereocenters. The Balaban J connectivity index is 1.86. The summed E-state index contributed by atoms with van der Waals surface area (Å²) in [7, 11) is -3.52. The van der Waals surface area contributed by atoms with E-state index in [0.29, 0.717) is 12.2 Å². The van der Waals surface area contributed by atoms with Crippen LogP contribution in [-0.4, -0.2) is 42.9 Å². The number of carbonyl (C=O) groups excluding carboxylic acids is 1. The van der Waals surface area contributed by atoms with Gasteiger partial charge in [0, 0.05) is 25.5 Å². The number of nitrogens with zero attached hydrogens (tertiary/aromatic N) is 2. The quantitative estimate of drug-likeness (QED) is 0.700. The van der Waals surface area contributed by atoms with Crippen LogP contribution in [0.15, 0.2) is 30.6 Å². The molecule has 2 aromatic heterocycles. The second-order valence-corrected chi connectivity index (χ2v) is 6.56. The first-order valence-corrected chi connectivity index (χ1v) is 8.61. The molecule has 3 N–H and O–H groups in total. The highest BCUT2D eigenvalue weighted by Crippen LogP contribution is 2.12. The number of hydrogen-bond donors (Lipinski definition) is 3. The summed E-state index contributed by atoms with van der Waals surface area (Å²) in [5, 5.41) is 9.15. The maximum atomic E-state index is 12.0. The van der Waals surface area contributed by atoms with Crippen LogP contribution < -0.4 is 15.4 Å². The van der Waals surface area contributed by atoms with E-state index in [0.717, 1.165) is 11.9 Å². The number of rotatable bonds is 7. The van der Waals surface area contributed by atoms with E-state index < -0.39 is 10.0 Å². The van der Waals surface area contributed by atoms with Gasteiger partial charge in [-0.05, 0) is 24.6 Å². The molecule has 2 rings (SSSR count). The van der Waals surface area contributed by atoms with Crippen molar-refractivity contribution in [2.75, 3.05) is 23.6 Å². The number of amides is 2. The van der Waals surface area contributed by atoms with E-state index in [1.807, 2.05) is 6.92 Å². The minimum Gasteiger partial charge on any atom is -0.338 e. The van der Waals surface area contributed by atoms with Gasteiger partial charge in [-0.2, -0.15) is 5.10 Å². The minimum absolute atomic E-state index is 0.0415. The zero-order chi connectivity index (χ0) is 16.0. The highest BCUT2D eigenvalue weighted by molar-refractivity contribution is 7.92. The Bertz CT molecular complexity index is 741. The van der Waals surface area contributed by atoms with Gasteiger partial charge in [0.25, 0.3) is 0 Å². The van der Waals surface area contributed by atoms with Crippen LogP contribution in [-0.2, 0) is 10.0 Å². The molecule has 0 bridgehead atoms. The molecule has 2 heterocycles. The fourth-order valence-corrected chi connectivity index (χ4v) is 2.77. The first-order chi connectivity index (χ1) is 10.5. The number of fused-ring (bicyclic) bond motifs is 1. The largest absolute Gasteiger partial charge is 0.338 e. The number of hydrogen-bond acceptors (Lipinski definition) is 4. The molecule has 0 unspecified atom stereocenters. The molecule has 120 valence electrons. The number of pyridine rings is 1. The Hall–Kier alpha value is -2.29. The molecule has 0 saturated heterocycles. The lowest BCUT2D eigenvalue weighted by Crippen LogP contribution is -2.39. The Morgan fingerprint density at radius 1 is 1.27 bits per heavy atom. The van der Waals surface area contributed by atoms with Crippen molar-refractivity contribution in [1.29, 1.82) is 0 Å². The molecule has 22 heavy (non-hydrogen) atoms. The van der Waals surface area contributed by atoms with E-state index >= 15 is 0 Å². The Morgan fingerprint density at radius 3 is 2.82 bits per heavy atom. The number of carbonyl (C=O) groups is 1. The summed E-state index contributed by atoms with van der Waals surface area (Å²) in [6.07, 6.45) is 4.13. The lowest BCUT2D eigenvalue weighted by atomic mass is 10.4. The van der Waals surface area contributed by atoms with Crippen LogP contribution in [0.1, 0.15) is 13.3 Å². The van der Waals surface area contributed by atoms with E-state index in [1.165, 1.54) is 0 Å². The molecule has 0 aromatic carbocycles. The minimum atomic E-state index is -3.52. The Labute approximate surface area is 128 Å². The Morgan fingerprint density at radius 2 is 2.05 bits per heavy atom. The van der Waals surface area contributed by atoms with Crippen molar-refractivity contribution in [2.24, 2.45) is 0 Å². The SMILES string of the molecule is CCCNC(=O)NCCS(=O)(=O)Nc1ccn2nccc2c1. The van der Waals surface area contributed by atoms with E-state index in [9.17, 15) is 13.2 Å². The van der Waals surface area contributed by atoms with Gasteiger partial charge in [-0.15, -0.1) is 0 Å². The first kappa shape index (κ1) is 16.1. The molecule has 0 aliphatic carbocycles. The van der Waals surface area contributed by atoms with Gasteiger partial charge in [-0.3, -0.25) is 4.72 Å². The normalized spacial score (nSPS) is 11.3. The van der Waals surface area contributed by atoms with Crippen molar-refractivity contribution >= 4 is 27.3 Å². The fourth-order valence-electron chi connectivity index (χ4n) is 1.82. The fraction of sp³-hybridized carbons (Fsp3) is 0.385. The predicted molar refractivity (Wildman–Crippen MR) is 84.3 cm³/mol. The van der Waals surface area contributed by atoms with Crippen LogP contribution in [0.3, 0.4) is 0 Å². The molecule has 0 saturated carbocycles. The van der Waals surface area contributed by atoms with Gasteiger partial charge in [0.15, 0.2) is 0 Å². The lowest BCUT2D eigenvalue weighted by Gasteiger charge is -2.09. The number of aromatic nitrogens is 2. The van der Waals surface area contributed by atoms with E-state index in [4.69, 9.17) is 0 Å². The highest BCUT2D eigenvalue weighted by Gasteiger charge is 2.11. The molecule has 0 spiro atoms. The Kier molecular flexibility index (Phi) is 5.21. The maximum absolute atomic E-state index is 12.0. The smallest absolute Gasteiger partial charge is 0.314 e. The molecule has 2 aromatic rings. The van der Waals surface area contributed by atoms with Crippen LogP contribution in [0.2, 0.25) is 0 Å². The molecule has 0 aliphatic rings. The summed E-state index contributed by atoms with van der Waals surface area (Å²) in [5.41, 5.74) is 1.25.